The van der Waals surface area contributed by atoms with Crippen LogP contribution in [0.2, 0.25) is 0 Å². The van der Waals surface area contributed by atoms with Crippen LogP contribution in [-0.4, -0.2) is 59.5 Å². The van der Waals surface area contributed by atoms with Gasteiger partial charge in [-0.25, -0.2) is 21.6 Å². The van der Waals surface area contributed by atoms with Crippen LogP contribution in [0, 0.1) is 5.92 Å². The standard InChI is InChI=1S/C24H30F3N3O4S2/c1-2-35(31,32)29-17-21-13-15-30(18-21)36(33,34)22-10-8-20(9-11-22)16-23(24(25,26)27)28-14-12-19-6-4-3-5-7-19/h2-11,21,23,28-29H,1,12-18H2. The van der Waals surface area contributed by atoms with Gasteiger partial charge in [0.25, 0.3) is 0 Å². The largest absolute Gasteiger partial charge is 0.404 e. The van der Waals surface area contributed by atoms with E-state index in [2.05, 4.69) is 16.6 Å². The first-order valence-corrected chi connectivity index (χ1v) is 14.4. The maximum Gasteiger partial charge on any atom is 0.404 e. The van der Waals surface area contributed by atoms with E-state index in [1.54, 1.807) is 0 Å². The molecule has 36 heavy (non-hydrogen) atoms. The van der Waals surface area contributed by atoms with Gasteiger partial charge in [0.2, 0.25) is 20.0 Å². The second-order valence-electron chi connectivity index (χ2n) is 8.71. The van der Waals surface area contributed by atoms with Gasteiger partial charge in [0, 0.05) is 25.0 Å². The zero-order chi connectivity index (χ0) is 26.4. The topological polar surface area (TPSA) is 95.6 Å². The zero-order valence-corrected chi connectivity index (χ0v) is 21.2. The van der Waals surface area contributed by atoms with Crippen molar-refractivity contribution in [3.8, 4) is 0 Å². The van der Waals surface area contributed by atoms with E-state index in [0.29, 0.717) is 18.4 Å². The van der Waals surface area contributed by atoms with Gasteiger partial charge in [0.05, 0.1) is 4.90 Å². The molecule has 7 nitrogen and oxygen atoms in total. The molecule has 2 N–H and O–H groups in total. The molecule has 2 unspecified atom stereocenters. The van der Waals surface area contributed by atoms with Crippen LogP contribution in [0.5, 0.6) is 0 Å². The molecule has 0 spiro atoms. The lowest BCUT2D eigenvalue weighted by Gasteiger charge is -2.22. The van der Waals surface area contributed by atoms with E-state index >= 15 is 0 Å². The average Bonchev–Trinajstić information content (AvgIpc) is 3.33. The quantitative estimate of drug-likeness (QED) is 0.428. The molecular formula is C24H30F3N3O4S2. The second kappa shape index (κ2) is 11.9. The van der Waals surface area contributed by atoms with E-state index in [0.717, 1.165) is 11.0 Å². The monoisotopic (exact) mass is 545 g/mol. The van der Waals surface area contributed by atoms with Crippen LogP contribution >= 0.6 is 0 Å². The van der Waals surface area contributed by atoms with Crippen molar-refractivity contribution >= 4 is 20.0 Å². The predicted octanol–water partition coefficient (Wildman–Crippen LogP) is 3.07. The summed E-state index contributed by atoms with van der Waals surface area (Å²) in [6, 6.07) is 12.9. The summed E-state index contributed by atoms with van der Waals surface area (Å²) in [5.41, 5.74) is 1.30. The molecule has 1 saturated heterocycles. The summed E-state index contributed by atoms with van der Waals surface area (Å²) >= 11 is 0. The van der Waals surface area contributed by atoms with Crippen molar-refractivity contribution in [2.24, 2.45) is 5.92 Å². The number of hydrogen-bond donors (Lipinski definition) is 2. The SMILES string of the molecule is C=CS(=O)(=O)NCC1CCN(S(=O)(=O)c2ccc(CC(NCCc3ccccc3)C(F)(F)F)cc2)C1. The Balaban J connectivity index is 1.59. The Labute approximate surface area is 210 Å². The number of halogens is 3. The summed E-state index contributed by atoms with van der Waals surface area (Å²) in [5.74, 6) is -0.191. The minimum Gasteiger partial charge on any atom is -0.306 e. The van der Waals surface area contributed by atoms with E-state index in [1.807, 2.05) is 30.3 Å². The van der Waals surface area contributed by atoms with Crippen LogP contribution in [0.4, 0.5) is 13.2 Å². The Bertz CT molecular complexity index is 1220. The van der Waals surface area contributed by atoms with Crippen LogP contribution in [-0.2, 0) is 32.9 Å². The van der Waals surface area contributed by atoms with E-state index in [1.165, 1.54) is 28.6 Å². The molecule has 0 radical (unpaired) electrons. The molecule has 1 heterocycles. The molecule has 2 atom stereocenters. The first-order chi connectivity index (χ1) is 16.9. The van der Waals surface area contributed by atoms with Gasteiger partial charge in [-0.15, -0.1) is 0 Å². The Kier molecular flexibility index (Phi) is 9.33. The summed E-state index contributed by atoms with van der Waals surface area (Å²) in [4.78, 5) is -0.0147. The third kappa shape index (κ3) is 7.87. The van der Waals surface area contributed by atoms with Gasteiger partial charge >= 0.3 is 6.18 Å². The maximum atomic E-state index is 13.6. The van der Waals surface area contributed by atoms with Gasteiger partial charge in [-0.3, -0.25) is 0 Å². The lowest BCUT2D eigenvalue weighted by molar-refractivity contribution is -0.155. The number of rotatable bonds is 12. The Hall–Kier alpha value is -2.25. The van der Waals surface area contributed by atoms with Crippen molar-refractivity contribution in [3.05, 3.63) is 77.7 Å². The van der Waals surface area contributed by atoms with E-state index in [9.17, 15) is 30.0 Å². The van der Waals surface area contributed by atoms with Gasteiger partial charge in [-0.05, 0) is 55.0 Å². The molecule has 0 saturated carbocycles. The predicted molar refractivity (Wildman–Crippen MR) is 132 cm³/mol. The molecule has 2 aromatic carbocycles. The first-order valence-electron chi connectivity index (χ1n) is 11.5. The molecule has 0 aromatic heterocycles. The highest BCUT2D eigenvalue weighted by molar-refractivity contribution is 7.92. The first kappa shape index (κ1) is 28.3. The number of sulfonamides is 2. The molecule has 0 amide bonds. The van der Waals surface area contributed by atoms with Gasteiger partial charge in [-0.2, -0.15) is 17.5 Å². The molecular weight excluding hydrogens is 515 g/mol. The minimum absolute atomic E-state index is 0.0147. The van der Waals surface area contributed by atoms with Crippen LogP contribution in [0.15, 0.2) is 71.5 Å². The molecule has 198 valence electrons. The summed E-state index contributed by atoms with van der Waals surface area (Å²) in [6.45, 7) is 3.83. The molecule has 1 fully saturated rings. The lowest BCUT2D eigenvalue weighted by Crippen LogP contribution is -2.44. The zero-order valence-electron chi connectivity index (χ0n) is 19.6. The fourth-order valence-electron chi connectivity index (χ4n) is 4.00. The van der Waals surface area contributed by atoms with Crippen LogP contribution in [0.25, 0.3) is 0 Å². The highest BCUT2D eigenvalue weighted by atomic mass is 32.2. The third-order valence-corrected chi connectivity index (χ3v) is 8.97. The molecule has 12 heteroatoms. The smallest absolute Gasteiger partial charge is 0.306 e. The normalized spacial score (nSPS) is 18.2. The number of nitrogens with zero attached hydrogens (tertiary/aromatic N) is 1. The number of nitrogens with one attached hydrogen (secondary N) is 2. The van der Waals surface area contributed by atoms with Crippen LogP contribution < -0.4 is 10.0 Å². The van der Waals surface area contributed by atoms with Crippen molar-refractivity contribution < 1.29 is 30.0 Å². The van der Waals surface area contributed by atoms with Crippen molar-refractivity contribution in [2.45, 2.75) is 36.4 Å². The lowest BCUT2D eigenvalue weighted by atomic mass is 10.0. The fraction of sp³-hybridized carbons (Fsp3) is 0.417. The third-order valence-electron chi connectivity index (χ3n) is 6.08. The Morgan fingerprint density at radius 1 is 1.03 bits per heavy atom. The number of benzene rings is 2. The second-order valence-corrected chi connectivity index (χ2v) is 12.4. The van der Waals surface area contributed by atoms with Gasteiger partial charge < -0.3 is 5.32 Å². The van der Waals surface area contributed by atoms with E-state index in [4.69, 9.17) is 0 Å². The number of alkyl halides is 3. The highest BCUT2D eigenvalue weighted by Crippen LogP contribution is 2.26. The van der Waals surface area contributed by atoms with Crippen molar-refractivity contribution in [3.63, 3.8) is 0 Å². The summed E-state index contributed by atoms with van der Waals surface area (Å²) in [7, 11) is -7.45. The van der Waals surface area contributed by atoms with Gasteiger partial charge in [0.15, 0.2) is 0 Å². The van der Waals surface area contributed by atoms with Crippen molar-refractivity contribution in [2.75, 3.05) is 26.2 Å². The van der Waals surface area contributed by atoms with Crippen molar-refractivity contribution in [1.82, 2.24) is 14.3 Å². The molecule has 1 aliphatic heterocycles. The molecule has 0 bridgehead atoms. The number of hydrogen-bond acceptors (Lipinski definition) is 5. The van der Waals surface area contributed by atoms with E-state index < -0.39 is 32.3 Å². The molecule has 1 aliphatic rings. The molecule has 3 rings (SSSR count). The van der Waals surface area contributed by atoms with Crippen LogP contribution in [0.1, 0.15) is 17.5 Å². The van der Waals surface area contributed by atoms with E-state index in [-0.39, 0.29) is 43.4 Å². The summed E-state index contributed by atoms with van der Waals surface area (Å²) in [6.07, 6.45) is -3.84. The van der Waals surface area contributed by atoms with Crippen LogP contribution in [0.3, 0.4) is 0 Å². The maximum absolute atomic E-state index is 13.6. The average molecular weight is 546 g/mol. The summed E-state index contributed by atoms with van der Waals surface area (Å²) < 4.78 is 93.4. The highest BCUT2D eigenvalue weighted by Gasteiger charge is 2.39. The minimum atomic E-state index is -4.46. The van der Waals surface area contributed by atoms with Crippen molar-refractivity contribution in [1.29, 1.82) is 0 Å². The molecule has 0 aliphatic carbocycles. The van der Waals surface area contributed by atoms with Gasteiger partial charge in [-0.1, -0.05) is 49.0 Å². The molecule has 2 aromatic rings. The Morgan fingerprint density at radius 2 is 1.69 bits per heavy atom. The van der Waals surface area contributed by atoms with Gasteiger partial charge in [0.1, 0.15) is 6.04 Å². The Morgan fingerprint density at radius 3 is 2.31 bits per heavy atom. The summed E-state index contributed by atoms with van der Waals surface area (Å²) in [5, 5.41) is 3.36. The fourth-order valence-corrected chi connectivity index (χ4v) is 6.11.